The number of nitrogens with zero attached hydrogens (tertiary/aromatic N) is 1. The number of anilines is 1. The van der Waals surface area contributed by atoms with Gasteiger partial charge in [0.25, 0.3) is 5.91 Å². The number of nitrogens with one attached hydrogen (secondary N) is 1. The van der Waals surface area contributed by atoms with E-state index in [1.54, 1.807) is 23.6 Å². The molecule has 0 aliphatic heterocycles. The Balaban J connectivity index is 2.10. The highest BCUT2D eigenvalue weighted by Gasteiger charge is 2.12. The molecule has 0 saturated heterocycles. The Bertz CT molecular complexity index is 554. The van der Waals surface area contributed by atoms with E-state index >= 15 is 0 Å². The Morgan fingerprint density at radius 2 is 2.22 bits per heavy atom. The van der Waals surface area contributed by atoms with Crippen LogP contribution in [0.5, 0.6) is 5.75 Å². The van der Waals surface area contributed by atoms with Crippen LogP contribution < -0.4 is 11.1 Å². The molecule has 2 aromatic rings. The number of phenolic OH excluding ortho intramolecular Hbond substituents is 1. The summed E-state index contributed by atoms with van der Waals surface area (Å²) in [4.78, 5) is 16.0. The van der Waals surface area contributed by atoms with Gasteiger partial charge in [0.05, 0.1) is 10.7 Å². The molecule has 6 heteroatoms. The Morgan fingerprint density at radius 1 is 1.44 bits per heavy atom. The van der Waals surface area contributed by atoms with Crippen LogP contribution >= 0.6 is 11.3 Å². The van der Waals surface area contributed by atoms with Gasteiger partial charge in [0, 0.05) is 11.8 Å². The van der Waals surface area contributed by atoms with Crippen molar-refractivity contribution in [3.63, 3.8) is 0 Å². The van der Waals surface area contributed by atoms with Crippen LogP contribution in [0.2, 0.25) is 0 Å². The molecule has 0 bridgehead atoms. The van der Waals surface area contributed by atoms with E-state index in [0.717, 1.165) is 5.01 Å². The molecule has 0 fully saturated rings. The quantitative estimate of drug-likeness (QED) is 0.731. The molecule has 94 valence electrons. The van der Waals surface area contributed by atoms with E-state index in [2.05, 4.69) is 10.3 Å². The maximum atomic E-state index is 11.9. The van der Waals surface area contributed by atoms with Crippen LogP contribution in [-0.4, -0.2) is 22.5 Å². The van der Waals surface area contributed by atoms with Gasteiger partial charge in [-0.2, -0.15) is 0 Å². The zero-order valence-corrected chi connectivity index (χ0v) is 10.4. The van der Waals surface area contributed by atoms with Crippen LogP contribution in [-0.2, 0) is 6.42 Å². The Labute approximate surface area is 108 Å². The van der Waals surface area contributed by atoms with Crippen molar-refractivity contribution in [2.45, 2.75) is 6.42 Å². The van der Waals surface area contributed by atoms with Crippen molar-refractivity contribution in [1.82, 2.24) is 4.98 Å². The lowest BCUT2D eigenvalue weighted by Gasteiger charge is -2.04. The summed E-state index contributed by atoms with van der Waals surface area (Å²) in [6.07, 6.45) is 0.661. The van der Waals surface area contributed by atoms with Gasteiger partial charge in [-0.15, -0.1) is 11.3 Å². The van der Waals surface area contributed by atoms with Gasteiger partial charge >= 0.3 is 0 Å². The van der Waals surface area contributed by atoms with Gasteiger partial charge in [-0.3, -0.25) is 4.79 Å². The predicted molar refractivity (Wildman–Crippen MR) is 70.9 cm³/mol. The molecule has 1 aromatic carbocycles. The van der Waals surface area contributed by atoms with Gasteiger partial charge < -0.3 is 16.2 Å². The zero-order chi connectivity index (χ0) is 13.0. The van der Waals surface area contributed by atoms with Crippen molar-refractivity contribution in [3.05, 3.63) is 40.3 Å². The molecule has 1 amide bonds. The lowest BCUT2D eigenvalue weighted by atomic mass is 10.3. The van der Waals surface area contributed by atoms with Crippen LogP contribution in [0.25, 0.3) is 0 Å². The van der Waals surface area contributed by atoms with Gasteiger partial charge in [0.1, 0.15) is 11.4 Å². The number of phenols is 1. The third-order valence-electron chi connectivity index (χ3n) is 2.29. The molecule has 0 spiro atoms. The number of carbonyl (C=O) groups is 1. The molecular weight excluding hydrogens is 250 g/mol. The van der Waals surface area contributed by atoms with Crippen molar-refractivity contribution in [3.8, 4) is 5.75 Å². The number of para-hydroxylation sites is 2. The zero-order valence-electron chi connectivity index (χ0n) is 9.59. The van der Waals surface area contributed by atoms with Gasteiger partial charge in [0.15, 0.2) is 0 Å². The first-order valence-electron chi connectivity index (χ1n) is 5.44. The summed E-state index contributed by atoms with van der Waals surface area (Å²) < 4.78 is 0. The monoisotopic (exact) mass is 263 g/mol. The van der Waals surface area contributed by atoms with Gasteiger partial charge in [-0.1, -0.05) is 12.1 Å². The minimum absolute atomic E-state index is 0.0308. The molecular formula is C12H13N3O2S. The summed E-state index contributed by atoms with van der Waals surface area (Å²) in [5.41, 5.74) is 6.13. The molecule has 0 aliphatic rings. The fourth-order valence-corrected chi connectivity index (χ4v) is 2.21. The topological polar surface area (TPSA) is 88.2 Å². The second-order valence-corrected chi connectivity index (χ2v) is 4.58. The number of carbonyl (C=O) groups excluding carboxylic acids is 1. The van der Waals surface area contributed by atoms with E-state index in [4.69, 9.17) is 5.73 Å². The first-order chi connectivity index (χ1) is 8.70. The van der Waals surface area contributed by atoms with E-state index in [1.807, 2.05) is 0 Å². The SMILES string of the molecule is NCCc1nc(C(=O)Nc2ccccc2O)cs1. The van der Waals surface area contributed by atoms with Crippen LogP contribution in [0.3, 0.4) is 0 Å². The summed E-state index contributed by atoms with van der Waals surface area (Å²) in [6.45, 7) is 0.508. The lowest BCUT2D eigenvalue weighted by Crippen LogP contribution is -2.12. The summed E-state index contributed by atoms with van der Waals surface area (Å²) in [5.74, 6) is -0.306. The number of nitrogens with two attached hydrogens (primary N) is 1. The fraction of sp³-hybridized carbons (Fsp3) is 0.167. The smallest absolute Gasteiger partial charge is 0.275 e. The van der Waals surface area contributed by atoms with Crippen LogP contribution in [0.15, 0.2) is 29.6 Å². The van der Waals surface area contributed by atoms with Crippen LogP contribution in [0.1, 0.15) is 15.5 Å². The number of hydrogen-bond donors (Lipinski definition) is 3. The number of thiazole rings is 1. The number of benzene rings is 1. The second-order valence-electron chi connectivity index (χ2n) is 3.64. The summed E-state index contributed by atoms with van der Waals surface area (Å²) >= 11 is 1.40. The highest BCUT2D eigenvalue weighted by Crippen LogP contribution is 2.22. The third kappa shape index (κ3) is 2.85. The highest BCUT2D eigenvalue weighted by molar-refractivity contribution is 7.09. The number of hydrogen-bond acceptors (Lipinski definition) is 5. The van der Waals surface area contributed by atoms with E-state index in [9.17, 15) is 9.90 Å². The summed E-state index contributed by atoms with van der Waals surface area (Å²) in [7, 11) is 0. The van der Waals surface area contributed by atoms with Gasteiger partial charge in [-0.05, 0) is 18.7 Å². The average molecular weight is 263 g/mol. The van der Waals surface area contributed by atoms with E-state index in [0.29, 0.717) is 24.3 Å². The second kappa shape index (κ2) is 5.61. The van der Waals surface area contributed by atoms with Crippen molar-refractivity contribution < 1.29 is 9.90 Å². The number of aromatic hydroxyl groups is 1. The van der Waals surface area contributed by atoms with Crippen LogP contribution in [0, 0.1) is 0 Å². The minimum atomic E-state index is -0.337. The summed E-state index contributed by atoms with van der Waals surface area (Å²) in [6, 6.07) is 6.56. The largest absolute Gasteiger partial charge is 0.506 e. The van der Waals surface area contributed by atoms with Gasteiger partial charge in [0.2, 0.25) is 0 Å². The molecule has 18 heavy (non-hydrogen) atoms. The molecule has 0 saturated carbocycles. The number of aromatic nitrogens is 1. The highest BCUT2D eigenvalue weighted by atomic mass is 32.1. The number of rotatable bonds is 4. The first-order valence-corrected chi connectivity index (χ1v) is 6.32. The summed E-state index contributed by atoms with van der Waals surface area (Å²) in [5, 5.41) is 14.7. The standard InChI is InChI=1S/C12H13N3O2S/c13-6-5-11-14-9(7-18-11)12(17)15-8-3-1-2-4-10(8)16/h1-4,7,16H,5-6,13H2,(H,15,17). The Hall–Kier alpha value is -1.92. The molecule has 0 atom stereocenters. The Kier molecular flexibility index (Phi) is 3.91. The average Bonchev–Trinajstić information content (AvgIpc) is 2.81. The van der Waals surface area contributed by atoms with Crippen molar-refractivity contribution in [1.29, 1.82) is 0 Å². The van der Waals surface area contributed by atoms with Crippen LogP contribution in [0.4, 0.5) is 5.69 Å². The molecule has 0 aliphatic carbocycles. The van der Waals surface area contributed by atoms with E-state index < -0.39 is 0 Å². The first kappa shape index (κ1) is 12.5. The maximum Gasteiger partial charge on any atom is 0.275 e. The molecule has 1 heterocycles. The fourth-order valence-electron chi connectivity index (χ4n) is 1.42. The Morgan fingerprint density at radius 3 is 2.94 bits per heavy atom. The van der Waals surface area contributed by atoms with Crippen molar-refractivity contribution in [2.75, 3.05) is 11.9 Å². The normalized spacial score (nSPS) is 10.3. The minimum Gasteiger partial charge on any atom is -0.506 e. The molecule has 5 nitrogen and oxygen atoms in total. The number of amides is 1. The van der Waals surface area contributed by atoms with Crippen molar-refractivity contribution in [2.24, 2.45) is 5.73 Å². The predicted octanol–water partition coefficient (Wildman–Crippen LogP) is 1.60. The molecule has 0 radical (unpaired) electrons. The maximum absolute atomic E-state index is 11.9. The molecule has 1 aromatic heterocycles. The van der Waals surface area contributed by atoms with Crippen molar-refractivity contribution >= 4 is 22.9 Å². The van der Waals surface area contributed by atoms with E-state index in [1.165, 1.54) is 17.4 Å². The lowest BCUT2D eigenvalue weighted by molar-refractivity contribution is 0.102. The molecule has 0 unspecified atom stereocenters. The third-order valence-corrected chi connectivity index (χ3v) is 3.20. The van der Waals surface area contributed by atoms with Gasteiger partial charge in [-0.25, -0.2) is 4.98 Å². The van der Waals surface area contributed by atoms with E-state index in [-0.39, 0.29) is 11.7 Å². The molecule has 2 rings (SSSR count). The molecule has 4 N–H and O–H groups in total.